The Balaban J connectivity index is 1.48. The lowest BCUT2D eigenvalue weighted by atomic mass is 10.00. The SMILES string of the molecule is CCn1c(SC(C)C(=O)N2CCc3ccccc3C2)nnc1-c1cccs1. The van der Waals surface area contributed by atoms with Gasteiger partial charge in [-0.25, -0.2) is 0 Å². The van der Waals surface area contributed by atoms with Crippen molar-refractivity contribution in [1.29, 1.82) is 0 Å². The van der Waals surface area contributed by atoms with E-state index in [0.717, 1.165) is 35.4 Å². The highest BCUT2D eigenvalue weighted by Gasteiger charge is 2.27. The minimum absolute atomic E-state index is 0.165. The van der Waals surface area contributed by atoms with Gasteiger partial charge in [-0.15, -0.1) is 21.5 Å². The van der Waals surface area contributed by atoms with Gasteiger partial charge in [0.1, 0.15) is 0 Å². The van der Waals surface area contributed by atoms with Crippen molar-refractivity contribution >= 4 is 29.0 Å². The Bertz CT molecular complexity index is 935. The monoisotopic (exact) mass is 398 g/mol. The van der Waals surface area contributed by atoms with Gasteiger partial charge in [-0.05, 0) is 42.8 Å². The predicted octanol–water partition coefficient (Wildman–Crippen LogP) is 4.09. The highest BCUT2D eigenvalue weighted by molar-refractivity contribution is 8.00. The van der Waals surface area contributed by atoms with E-state index in [1.165, 1.54) is 22.9 Å². The van der Waals surface area contributed by atoms with Gasteiger partial charge in [0.25, 0.3) is 0 Å². The maximum Gasteiger partial charge on any atom is 0.236 e. The van der Waals surface area contributed by atoms with E-state index in [2.05, 4.69) is 46.0 Å². The van der Waals surface area contributed by atoms with Crippen molar-refractivity contribution in [2.45, 2.75) is 43.8 Å². The van der Waals surface area contributed by atoms with Crippen LogP contribution in [0.1, 0.15) is 25.0 Å². The van der Waals surface area contributed by atoms with Crippen molar-refractivity contribution in [2.75, 3.05) is 6.54 Å². The third-order valence-corrected chi connectivity index (χ3v) is 6.78. The van der Waals surface area contributed by atoms with E-state index in [4.69, 9.17) is 0 Å². The number of nitrogens with zero attached hydrogens (tertiary/aromatic N) is 4. The van der Waals surface area contributed by atoms with Crippen LogP contribution in [-0.4, -0.2) is 37.4 Å². The molecule has 140 valence electrons. The van der Waals surface area contributed by atoms with Gasteiger partial charge in [0, 0.05) is 19.6 Å². The standard InChI is InChI=1S/C20H22N4OS2/c1-3-24-18(17-9-6-12-26-17)21-22-20(24)27-14(2)19(25)23-11-10-15-7-4-5-8-16(15)13-23/h4-9,12,14H,3,10-11,13H2,1-2H3. The van der Waals surface area contributed by atoms with E-state index in [9.17, 15) is 4.79 Å². The number of benzene rings is 1. The number of carbonyl (C=O) groups excluding carboxylic acids is 1. The fourth-order valence-electron chi connectivity index (χ4n) is 3.40. The molecule has 3 aromatic rings. The summed E-state index contributed by atoms with van der Waals surface area (Å²) in [6, 6.07) is 12.5. The first-order valence-corrected chi connectivity index (χ1v) is 10.9. The first kappa shape index (κ1) is 18.3. The largest absolute Gasteiger partial charge is 0.337 e. The van der Waals surface area contributed by atoms with E-state index in [-0.39, 0.29) is 11.2 Å². The molecule has 1 amide bonds. The zero-order valence-electron chi connectivity index (χ0n) is 15.5. The lowest BCUT2D eigenvalue weighted by Crippen LogP contribution is -2.40. The zero-order chi connectivity index (χ0) is 18.8. The molecule has 2 aromatic heterocycles. The van der Waals surface area contributed by atoms with Crippen LogP contribution in [0.2, 0.25) is 0 Å². The van der Waals surface area contributed by atoms with Crippen molar-refractivity contribution in [3.8, 4) is 10.7 Å². The summed E-state index contributed by atoms with van der Waals surface area (Å²) in [6.45, 7) is 6.30. The molecule has 7 heteroatoms. The minimum Gasteiger partial charge on any atom is -0.337 e. The Morgan fingerprint density at radius 1 is 1.22 bits per heavy atom. The normalized spacial score (nSPS) is 14.8. The Labute approximate surface area is 167 Å². The Kier molecular flexibility index (Phi) is 5.31. The number of amides is 1. The summed E-state index contributed by atoms with van der Waals surface area (Å²) >= 11 is 3.15. The van der Waals surface area contributed by atoms with Crippen molar-refractivity contribution in [3.05, 3.63) is 52.9 Å². The van der Waals surface area contributed by atoms with Crippen molar-refractivity contribution in [3.63, 3.8) is 0 Å². The topological polar surface area (TPSA) is 51.0 Å². The van der Waals surface area contributed by atoms with E-state index >= 15 is 0 Å². The molecule has 1 aliphatic rings. The van der Waals surface area contributed by atoms with Crippen LogP contribution >= 0.6 is 23.1 Å². The molecule has 3 heterocycles. The fraction of sp³-hybridized carbons (Fsp3) is 0.350. The van der Waals surface area contributed by atoms with Crippen LogP contribution in [0.5, 0.6) is 0 Å². The maximum absolute atomic E-state index is 13.0. The van der Waals surface area contributed by atoms with Crippen molar-refractivity contribution < 1.29 is 4.79 Å². The van der Waals surface area contributed by atoms with Crippen LogP contribution in [-0.2, 0) is 24.3 Å². The molecule has 0 saturated heterocycles. The number of rotatable bonds is 5. The van der Waals surface area contributed by atoms with Gasteiger partial charge >= 0.3 is 0 Å². The molecular formula is C20H22N4OS2. The number of thioether (sulfide) groups is 1. The number of fused-ring (bicyclic) bond motifs is 1. The number of hydrogen-bond donors (Lipinski definition) is 0. The summed E-state index contributed by atoms with van der Waals surface area (Å²) in [6.07, 6.45) is 0.924. The summed E-state index contributed by atoms with van der Waals surface area (Å²) in [5.74, 6) is 1.04. The van der Waals surface area contributed by atoms with Gasteiger partial charge in [0.05, 0.1) is 10.1 Å². The van der Waals surface area contributed by atoms with Crippen LogP contribution in [0.25, 0.3) is 10.7 Å². The van der Waals surface area contributed by atoms with Crippen LogP contribution in [0.3, 0.4) is 0 Å². The molecule has 1 atom stereocenters. The second-order valence-electron chi connectivity index (χ2n) is 6.57. The molecule has 1 unspecified atom stereocenters. The maximum atomic E-state index is 13.0. The lowest BCUT2D eigenvalue weighted by Gasteiger charge is -2.30. The van der Waals surface area contributed by atoms with Gasteiger partial charge < -0.3 is 9.47 Å². The molecule has 27 heavy (non-hydrogen) atoms. The highest BCUT2D eigenvalue weighted by atomic mass is 32.2. The Morgan fingerprint density at radius 3 is 2.78 bits per heavy atom. The number of carbonyl (C=O) groups is 1. The zero-order valence-corrected chi connectivity index (χ0v) is 17.1. The van der Waals surface area contributed by atoms with E-state index in [1.54, 1.807) is 11.3 Å². The van der Waals surface area contributed by atoms with Crippen LogP contribution in [0, 0.1) is 0 Å². The summed E-state index contributed by atoms with van der Waals surface area (Å²) in [7, 11) is 0. The number of aromatic nitrogens is 3. The van der Waals surface area contributed by atoms with Crippen molar-refractivity contribution in [1.82, 2.24) is 19.7 Å². The minimum atomic E-state index is -0.194. The molecule has 0 N–H and O–H groups in total. The molecule has 0 bridgehead atoms. The molecule has 1 aliphatic heterocycles. The number of hydrogen-bond acceptors (Lipinski definition) is 5. The molecule has 1 aromatic carbocycles. The van der Waals surface area contributed by atoms with Gasteiger partial charge in [-0.2, -0.15) is 0 Å². The smallest absolute Gasteiger partial charge is 0.236 e. The molecular weight excluding hydrogens is 376 g/mol. The fourth-order valence-corrected chi connectivity index (χ4v) is 5.11. The molecule has 0 radical (unpaired) electrons. The molecule has 4 rings (SSSR count). The molecule has 0 aliphatic carbocycles. The first-order valence-electron chi connectivity index (χ1n) is 9.16. The third-order valence-electron chi connectivity index (χ3n) is 4.85. The van der Waals surface area contributed by atoms with Crippen LogP contribution in [0.4, 0.5) is 0 Å². The van der Waals surface area contributed by atoms with Gasteiger partial charge in [-0.3, -0.25) is 4.79 Å². The predicted molar refractivity (Wildman–Crippen MR) is 110 cm³/mol. The molecule has 0 saturated carbocycles. The van der Waals surface area contributed by atoms with Gasteiger partial charge in [0.2, 0.25) is 5.91 Å². The first-order chi connectivity index (χ1) is 13.2. The van der Waals surface area contributed by atoms with Gasteiger partial charge in [0.15, 0.2) is 11.0 Å². The molecule has 0 fully saturated rings. The summed E-state index contributed by atoms with van der Waals surface area (Å²) < 4.78 is 2.09. The second kappa shape index (κ2) is 7.86. The summed E-state index contributed by atoms with van der Waals surface area (Å²) in [4.78, 5) is 16.1. The van der Waals surface area contributed by atoms with Crippen LogP contribution < -0.4 is 0 Å². The van der Waals surface area contributed by atoms with E-state index in [1.807, 2.05) is 29.3 Å². The van der Waals surface area contributed by atoms with E-state index in [0.29, 0.717) is 6.54 Å². The van der Waals surface area contributed by atoms with Crippen LogP contribution in [0.15, 0.2) is 46.9 Å². The lowest BCUT2D eigenvalue weighted by molar-refractivity contribution is -0.131. The average molecular weight is 399 g/mol. The quantitative estimate of drug-likeness (QED) is 0.608. The van der Waals surface area contributed by atoms with E-state index < -0.39 is 0 Å². The second-order valence-corrected chi connectivity index (χ2v) is 8.82. The van der Waals surface area contributed by atoms with Crippen molar-refractivity contribution in [2.24, 2.45) is 0 Å². The Hall–Kier alpha value is -2.12. The third kappa shape index (κ3) is 3.66. The van der Waals surface area contributed by atoms with Gasteiger partial charge in [-0.1, -0.05) is 42.1 Å². The molecule has 0 spiro atoms. The highest BCUT2D eigenvalue weighted by Crippen LogP contribution is 2.30. The molecule has 5 nitrogen and oxygen atoms in total. The Morgan fingerprint density at radius 2 is 2.04 bits per heavy atom. The summed E-state index contributed by atoms with van der Waals surface area (Å²) in [5.41, 5.74) is 2.61. The number of thiophene rings is 1. The summed E-state index contributed by atoms with van der Waals surface area (Å²) in [5, 5.41) is 11.4. The average Bonchev–Trinajstić information content (AvgIpc) is 3.36.